The summed E-state index contributed by atoms with van der Waals surface area (Å²) < 4.78 is 0.839. The molecule has 15 heavy (non-hydrogen) atoms. The fourth-order valence-electron chi connectivity index (χ4n) is 1.64. The van der Waals surface area contributed by atoms with Crippen LogP contribution in [0.25, 0.3) is 0 Å². The van der Waals surface area contributed by atoms with E-state index in [-0.39, 0.29) is 6.04 Å². The van der Waals surface area contributed by atoms with Crippen LogP contribution < -0.4 is 5.73 Å². The Labute approximate surface area is 102 Å². The maximum atomic E-state index is 6.07. The zero-order chi connectivity index (χ0) is 11.1. The molecule has 2 N–H and O–H groups in total. The van der Waals surface area contributed by atoms with Crippen molar-refractivity contribution in [1.82, 2.24) is 0 Å². The van der Waals surface area contributed by atoms with E-state index >= 15 is 0 Å². The Kier molecular flexibility index (Phi) is 6.30. The maximum Gasteiger partial charge on any atom is 0.0931 e. The van der Waals surface area contributed by atoms with Gasteiger partial charge in [0.05, 0.1) is 4.34 Å². The van der Waals surface area contributed by atoms with E-state index in [0.29, 0.717) is 0 Å². The van der Waals surface area contributed by atoms with Crippen molar-refractivity contribution < 1.29 is 0 Å². The van der Waals surface area contributed by atoms with Gasteiger partial charge < -0.3 is 5.73 Å². The largest absolute Gasteiger partial charge is 0.323 e. The van der Waals surface area contributed by atoms with Crippen molar-refractivity contribution >= 4 is 22.9 Å². The molecule has 0 saturated carbocycles. The average molecular weight is 246 g/mol. The molecule has 1 atom stereocenters. The number of nitrogens with two attached hydrogens (primary N) is 1. The molecule has 3 heteroatoms. The summed E-state index contributed by atoms with van der Waals surface area (Å²) in [6.07, 6.45) is 7.61. The first-order valence-electron chi connectivity index (χ1n) is 5.75. The molecule has 0 bridgehead atoms. The summed E-state index contributed by atoms with van der Waals surface area (Å²) in [5.74, 6) is 0. The van der Waals surface area contributed by atoms with E-state index in [1.54, 1.807) is 11.3 Å². The van der Waals surface area contributed by atoms with Gasteiger partial charge in [-0.1, -0.05) is 50.6 Å². The summed E-state index contributed by atoms with van der Waals surface area (Å²) in [7, 11) is 0. The van der Waals surface area contributed by atoms with Crippen LogP contribution in [0.5, 0.6) is 0 Å². The van der Waals surface area contributed by atoms with Gasteiger partial charge in [-0.2, -0.15) is 0 Å². The van der Waals surface area contributed by atoms with Crippen molar-refractivity contribution in [1.29, 1.82) is 0 Å². The molecular formula is C12H20ClNS. The molecule has 0 aliphatic rings. The summed E-state index contributed by atoms with van der Waals surface area (Å²) in [5.41, 5.74) is 6.07. The number of hydrogen-bond donors (Lipinski definition) is 1. The molecule has 1 nitrogen and oxygen atoms in total. The highest BCUT2D eigenvalue weighted by Crippen LogP contribution is 2.28. The van der Waals surface area contributed by atoms with Crippen LogP contribution >= 0.6 is 22.9 Å². The van der Waals surface area contributed by atoms with Crippen LogP contribution in [0, 0.1) is 0 Å². The molecule has 1 aromatic rings. The minimum absolute atomic E-state index is 0.184. The van der Waals surface area contributed by atoms with Gasteiger partial charge in [0.1, 0.15) is 0 Å². The Morgan fingerprint density at radius 3 is 2.60 bits per heavy atom. The smallest absolute Gasteiger partial charge is 0.0931 e. The molecule has 0 spiro atoms. The summed E-state index contributed by atoms with van der Waals surface area (Å²) in [4.78, 5) is 1.22. The van der Waals surface area contributed by atoms with Gasteiger partial charge in [0.2, 0.25) is 0 Å². The van der Waals surface area contributed by atoms with E-state index < -0.39 is 0 Å². The van der Waals surface area contributed by atoms with Gasteiger partial charge in [-0.05, 0) is 18.6 Å². The van der Waals surface area contributed by atoms with Crippen LogP contribution in [-0.4, -0.2) is 0 Å². The molecule has 1 unspecified atom stereocenters. The molecule has 0 saturated heterocycles. The van der Waals surface area contributed by atoms with Crippen molar-refractivity contribution in [2.75, 3.05) is 0 Å². The molecule has 0 amide bonds. The normalized spacial score (nSPS) is 13.0. The first-order valence-corrected chi connectivity index (χ1v) is 6.94. The Balaban J connectivity index is 2.16. The van der Waals surface area contributed by atoms with Gasteiger partial charge >= 0.3 is 0 Å². The van der Waals surface area contributed by atoms with Gasteiger partial charge in [-0.25, -0.2) is 0 Å². The summed E-state index contributed by atoms with van der Waals surface area (Å²) in [5, 5.41) is 0. The van der Waals surface area contributed by atoms with Crippen LogP contribution in [0.15, 0.2) is 12.1 Å². The standard InChI is InChI=1S/C12H20ClNS/c1-2-3-4-5-6-7-10(14)11-8-9-12(13)15-11/h8-10H,2-7,14H2,1H3. The van der Waals surface area contributed by atoms with E-state index in [1.807, 2.05) is 12.1 Å². The lowest BCUT2D eigenvalue weighted by Crippen LogP contribution is -2.07. The SMILES string of the molecule is CCCCCCCC(N)c1ccc(Cl)s1. The van der Waals surface area contributed by atoms with Crippen molar-refractivity contribution in [3.8, 4) is 0 Å². The minimum atomic E-state index is 0.184. The lowest BCUT2D eigenvalue weighted by molar-refractivity contribution is 0.559. The van der Waals surface area contributed by atoms with Crippen LogP contribution in [0.2, 0.25) is 4.34 Å². The van der Waals surface area contributed by atoms with Crippen LogP contribution in [0.4, 0.5) is 0 Å². The second-order valence-corrected chi connectivity index (χ2v) is 5.70. The Bertz CT molecular complexity index is 272. The maximum absolute atomic E-state index is 6.07. The van der Waals surface area contributed by atoms with E-state index in [2.05, 4.69) is 6.92 Å². The number of thiophene rings is 1. The molecule has 1 rings (SSSR count). The lowest BCUT2D eigenvalue weighted by Gasteiger charge is -2.08. The monoisotopic (exact) mass is 245 g/mol. The van der Waals surface area contributed by atoms with E-state index in [0.717, 1.165) is 10.8 Å². The van der Waals surface area contributed by atoms with E-state index in [9.17, 15) is 0 Å². The van der Waals surface area contributed by atoms with Crippen molar-refractivity contribution in [2.24, 2.45) is 5.73 Å². The number of rotatable bonds is 7. The van der Waals surface area contributed by atoms with Gasteiger partial charge in [0, 0.05) is 10.9 Å². The second kappa shape index (κ2) is 7.26. The molecular weight excluding hydrogens is 226 g/mol. The average Bonchev–Trinajstić information content (AvgIpc) is 2.64. The van der Waals surface area contributed by atoms with Gasteiger partial charge in [0.25, 0.3) is 0 Å². The van der Waals surface area contributed by atoms with Gasteiger partial charge in [-0.15, -0.1) is 11.3 Å². The lowest BCUT2D eigenvalue weighted by atomic mass is 10.1. The molecule has 0 aliphatic carbocycles. The molecule has 0 aromatic carbocycles. The predicted molar refractivity (Wildman–Crippen MR) is 69.6 cm³/mol. The second-order valence-electron chi connectivity index (χ2n) is 3.95. The quantitative estimate of drug-likeness (QED) is 0.689. The topological polar surface area (TPSA) is 26.0 Å². The highest BCUT2D eigenvalue weighted by Gasteiger charge is 2.07. The molecule has 1 heterocycles. The minimum Gasteiger partial charge on any atom is -0.323 e. The van der Waals surface area contributed by atoms with Crippen molar-refractivity contribution in [2.45, 2.75) is 51.5 Å². The molecule has 86 valence electrons. The van der Waals surface area contributed by atoms with Crippen LogP contribution in [0.3, 0.4) is 0 Å². The first kappa shape index (κ1) is 13.0. The van der Waals surface area contributed by atoms with Crippen molar-refractivity contribution in [3.63, 3.8) is 0 Å². The third kappa shape index (κ3) is 5.01. The fraction of sp³-hybridized carbons (Fsp3) is 0.667. The summed E-state index contributed by atoms with van der Waals surface area (Å²) in [6, 6.07) is 4.16. The highest BCUT2D eigenvalue weighted by molar-refractivity contribution is 7.16. The zero-order valence-corrected chi connectivity index (χ0v) is 10.9. The Morgan fingerprint density at radius 2 is 2.00 bits per heavy atom. The zero-order valence-electron chi connectivity index (χ0n) is 9.34. The summed E-state index contributed by atoms with van der Waals surface area (Å²) >= 11 is 7.47. The molecule has 1 aromatic heterocycles. The van der Waals surface area contributed by atoms with Crippen LogP contribution in [0.1, 0.15) is 56.4 Å². The van der Waals surface area contributed by atoms with E-state index in [4.69, 9.17) is 17.3 Å². The predicted octanol–water partition coefficient (Wildman–Crippen LogP) is 4.76. The Morgan fingerprint density at radius 1 is 1.27 bits per heavy atom. The van der Waals surface area contributed by atoms with Gasteiger partial charge in [0.15, 0.2) is 0 Å². The molecule has 0 radical (unpaired) electrons. The molecule has 0 aliphatic heterocycles. The third-order valence-electron chi connectivity index (χ3n) is 2.58. The number of halogens is 1. The molecule has 0 fully saturated rings. The van der Waals surface area contributed by atoms with Crippen molar-refractivity contribution in [3.05, 3.63) is 21.3 Å². The number of unbranched alkanes of at least 4 members (excludes halogenated alkanes) is 4. The Hall–Kier alpha value is -0.0500. The number of hydrogen-bond acceptors (Lipinski definition) is 2. The highest BCUT2D eigenvalue weighted by atomic mass is 35.5. The first-order chi connectivity index (χ1) is 7.24. The van der Waals surface area contributed by atoms with Crippen LogP contribution in [-0.2, 0) is 0 Å². The van der Waals surface area contributed by atoms with Gasteiger partial charge in [-0.3, -0.25) is 0 Å². The summed E-state index contributed by atoms with van der Waals surface area (Å²) in [6.45, 7) is 2.24. The fourth-order valence-corrected chi connectivity index (χ4v) is 2.73. The van der Waals surface area contributed by atoms with E-state index in [1.165, 1.54) is 37.0 Å². The third-order valence-corrected chi connectivity index (χ3v) is 3.94.